The van der Waals surface area contributed by atoms with Crippen LogP contribution in [0.2, 0.25) is 5.02 Å². The van der Waals surface area contributed by atoms with Gasteiger partial charge in [-0.15, -0.1) is 0 Å². The third-order valence-electron chi connectivity index (χ3n) is 4.99. The molecule has 0 radical (unpaired) electrons. The predicted molar refractivity (Wildman–Crippen MR) is 111 cm³/mol. The van der Waals surface area contributed by atoms with Gasteiger partial charge in [0.1, 0.15) is 12.4 Å². The highest BCUT2D eigenvalue weighted by Gasteiger charge is 2.55. The molecule has 0 spiro atoms. The van der Waals surface area contributed by atoms with Crippen molar-refractivity contribution in [3.05, 3.63) is 47.2 Å². The molecule has 0 unspecified atom stereocenters. The lowest BCUT2D eigenvalue weighted by atomic mass is 10.1. The van der Waals surface area contributed by atoms with Crippen molar-refractivity contribution in [1.82, 2.24) is 5.01 Å². The number of nitrogens with one attached hydrogen (secondary N) is 1. The Labute approximate surface area is 186 Å². The molecule has 1 saturated heterocycles. The first kappa shape index (κ1) is 21.5. The zero-order valence-corrected chi connectivity index (χ0v) is 17.7. The molecule has 2 aliphatic rings. The first-order valence-corrected chi connectivity index (χ1v) is 9.74. The van der Waals surface area contributed by atoms with E-state index in [2.05, 4.69) is 15.7 Å². The number of nitrogens with zero attached hydrogens (tertiary/aromatic N) is 4. The molecule has 2 aromatic carbocycles. The Kier molecular flexibility index (Phi) is 5.66. The summed E-state index contributed by atoms with van der Waals surface area (Å²) in [4.78, 5) is 39.1. The quantitative estimate of drug-likeness (QED) is 0.661. The molecule has 0 saturated carbocycles. The second kappa shape index (κ2) is 8.42. The van der Waals surface area contributed by atoms with Crippen molar-refractivity contribution in [2.24, 2.45) is 10.3 Å². The van der Waals surface area contributed by atoms with Crippen LogP contribution in [-0.2, 0) is 14.4 Å². The first-order valence-electron chi connectivity index (χ1n) is 9.36. The van der Waals surface area contributed by atoms with Crippen LogP contribution in [0.1, 0.15) is 0 Å². The van der Waals surface area contributed by atoms with Crippen LogP contribution in [0.5, 0.6) is 11.5 Å². The number of carbonyl (C=O) groups is 3. The summed E-state index contributed by atoms with van der Waals surface area (Å²) in [6.07, 6.45) is 0. The maximum Gasteiger partial charge on any atom is 0.263 e. The van der Waals surface area contributed by atoms with Gasteiger partial charge in [0.05, 0.1) is 24.9 Å². The van der Waals surface area contributed by atoms with Crippen LogP contribution in [0, 0.1) is 5.82 Å². The van der Waals surface area contributed by atoms with Gasteiger partial charge in [0.2, 0.25) is 5.91 Å². The lowest BCUT2D eigenvalue weighted by Crippen LogP contribution is -2.43. The van der Waals surface area contributed by atoms with Crippen LogP contribution in [0.15, 0.2) is 46.7 Å². The van der Waals surface area contributed by atoms with Crippen molar-refractivity contribution in [1.29, 1.82) is 0 Å². The molecular weight excluding hydrogens is 445 g/mol. The summed E-state index contributed by atoms with van der Waals surface area (Å²) in [6.45, 7) is -0.323. The molecule has 3 amide bonds. The number of imide groups is 1. The maximum atomic E-state index is 13.5. The van der Waals surface area contributed by atoms with Gasteiger partial charge in [-0.05, 0) is 30.3 Å². The number of hydrogen-bond acceptors (Lipinski definition) is 8. The van der Waals surface area contributed by atoms with E-state index in [1.54, 1.807) is 18.2 Å². The van der Waals surface area contributed by atoms with E-state index in [9.17, 15) is 18.8 Å². The van der Waals surface area contributed by atoms with E-state index in [1.165, 1.54) is 26.4 Å². The number of benzene rings is 2. The molecule has 4 rings (SSSR count). The van der Waals surface area contributed by atoms with Crippen molar-refractivity contribution in [2.75, 3.05) is 31.0 Å². The molecule has 1 N–H and O–H groups in total. The molecular formula is C20H17ClFN5O5. The Morgan fingerprint density at radius 1 is 1.12 bits per heavy atom. The van der Waals surface area contributed by atoms with Gasteiger partial charge >= 0.3 is 0 Å². The summed E-state index contributed by atoms with van der Waals surface area (Å²) < 4.78 is 23.8. The minimum Gasteiger partial charge on any atom is -0.493 e. The van der Waals surface area contributed by atoms with E-state index in [1.807, 2.05) is 0 Å². The molecule has 2 atom stereocenters. The van der Waals surface area contributed by atoms with Gasteiger partial charge in [0.25, 0.3) is 11.8 Å². The summed E-state index contributed by atoms with van der Waals surface area (Å²) in [5.74, 6) is -1.50. The van der Waals surface area contributed by atoms with E-state index in [0.717, 1.165) is 16.0 Å². The number of halogens is 2. The lowest BCUT2D eigenvalue weighted by molar-refractivity contribution is -0.123. The number of amides is 3. The normalized spacial score (nSPS) is 19.4. The van der Waals surface area contributed by atoms with E-state index in [4.69, 9.17) is 21.1 Å². The minimum atomic E-state index is -1.10. The van der Waals surface area contributed by atoms with Gasteiger partial charge in [-0.3, -0.25) is 19.4 Å². The van der Waals surface area contributed by atoms with Gasteiger partial charge in [-0.1, -0.05) is 16.8 Å². The van der Waals surface area contributed by atoms with E-state index in [-0.39, 0.29) is 17.3 Å². The number of hydrogen-bond donors (Lipinski definition) is 1. The highest BCUT2D eigenvalue weighted by Crippen LogP contribution is 2.34. The van der Waals surface area contributed by atoms with Crippen LogP contribution in [-0.4, -0.2) is 55.6 Å². The number of anilines is 2. The Morgan fingerprint density at radius 2 is 1.88 bits per heavy atom. The molecule has 2 aliphatic heterocycles. The topological polar surface area (TPSA) is 113 Å². The van der Waals surface area contributed by atoms with Crippen molar-refractivity contribution in [3.8, 4) is 11.5 Å². The van der Waals surface area contributed by atoms with E-state index >= 15 is 0 Å². The average Bonchev–Trinajstić information content (AvgIpc) is 3.29. The summed E-state index contributed by atoms with van der Waals surface area (Å²) in [5, 5.41) is 11.3. The monoisotopic (exact) mass is 461 g/mol. The Balaban J connectivity index is 1.48. The minimum absolute atomic E-state index is 0.116. The molecule has 10 nitrogen and oxygen atoms in total. The third kappa shape index (κ3) is 3.71. The SMILES string of the molecule is COc1ccc(NC(=O)CN2N=N[C@@H]3C(=O)N(c4ccc(F)c(Cl)c4)C(=O)[C@@H]32)cc1OC. The van der Waals surface area contributed by atoms with Crippen molar-refractivity contribution in [3.63, 3.8) is 0 Å². The van der Waals surface area contributed by atoms with E-state index in [0.29, 0.717) is 17.2 Å². The molecule has 0 bridgehead atoms. The molecule has 166 valence electrons. The fourth-order valence-electron chi connectivity index (χ4n) is 3.49. The molecule has 12 heteroatoms. The van der Waals surface area contributed by atoms with Crippen molar-refractivity contribution < 1.29 is 28.2 Å². The fourth-order valence-corrected chi connectivity index (χ4v) is 3.67. The summed E-state index contributed by atoms with van der Waals surface area (Å²) in [7, 11) is 2.96. The summed E-state index contributed by atoms with van der Waals surface area (Å²) >= 11 is 5.78. The van der Waals surface area contributed by atoms with Crippen LogP contribution in [0.4, 0.5) is 15.8 Å². The lowest BCUT2D eigenvalue weighted by Gasteiger charge is -2.20. The van der Waals surface area contributed by atoms with Crippen LogP contribution in [0.3, 0.4) is 0 Å². The highest BCUT2D eigenvalue weighted by molar-refractivity contribution is 6.32. The summed E-state index contributed by atoms with van der Waals surface area (Å²) in [5.41, 5.74) is 0.558. The van der Waals surface area contributed by atoms with Crippen LogP contribution < -0.4 is 19.7 Å². The number of rotatable bonds is 6. The van der Waals surface area contributed by atoms with Crippen LogP contribution >= 0.6 is 11.6 Å². The average molecular weight is 462 g/mol. The number of ether oxygens (including phenoxy) is 2. The van der Waals surface area contributed by atoms with Gasteiger partial charge < -0.3 is 14.8 Å². The second-order valence-electron chi connectivity index (χ2n) is 6.92. The Morgan fingerprint density at radius 3 is 2.56 bits per heavy atom. The Bertz CT molecular complexity index is 1140. The fraction of sp³-hybridized carbons (Fsp3) is 0.250. The molecule has 1 fully saturated rings. The van der Waals surface area contributed by atoms with Gasteiger partial charge in [0.15, 0.2) is 23.6 Å². The van der Waals surface area contributed by atoms with Crippen molar-refractivity contribution >= 4 is 40.7 Å². The predicted octanol–water partition coefficient (Wildman–Crippen LogP) is 2.43. The van der Waals surface area contributed by atoms with Gasteiger partial charge in [-0.25, -0.2) is 9.29 Å². The standard InChI is InChI=1S/C20H17ClFN5O5/c1-31-14-6-3-10(7-15(14)32-2)23-16(28)9-26-18-17(24-25-26)19(29)27(20(18)30)11-4-5-13(22)12(21)8-11/h3-8,17-18H,9H2,1-2H3,(H,23,28)/t17-,18+/m0/s1. The van der Waals surface area contributed by atoms with Gasteiger partial charge in [-0.2, -0.15) is 5.11 Å². The van der Waals surface area contributed by atoms with E-state index < -0.39 is 35.6 Å². The number of fused-ring (bicyclic) bond motifs is 1. The second-order valence-corrected chi connectivity index (χ2v) is 7.33. The smallest absolute Gasteiger partial charge is 0.263 e. The highest BCUT2D eigenvalue weighted by atomic mass is 35.5. The van der Waals surface area contributed by atoms with Crippen molar-refractivity contribution in [2.45, 2.75) is 12.1 Å². The number of carbonyl (C=O) groups excluding carboxylic acids is 3. The third-order valence-corrected chi connectivity index (χ3v) is 5.28. The maximum absolute atomic E-state index is 13.5. The van der Waals surface area contributed by atoms with Crippen LogP contribution in [0.25, 0.3) is 0 Å². The zero-order chi connectivity index (χ0) is 23.0. The zero-order valence-electron chi connectivity index (χ0n) is 16.9. The first-order chi connectivity index (χ1) is 15.3. The molecule has 0 aromatic heterocycles. The Hall–Kier alpha value is -3.73. The number of methoxy groups -OCH3 is 2. The molecule has 2 heterocycles. The summed E-state index contributed by atoms with van der Waals surface area (Å²) in [6, 6.07) is 6.16. The van der Waals surface area contributed by atoms with Gasteiger partial charge in [0, 0.05) is 11.8 Å². The molecule has 0 aliphatic carbocycles. The largest absolute Gasteiger partial charge is 0.493 e. The molecule has 32 heavy (non-hydrogen) atoms. The molecule has 2 aromatic rings.